The highest BCUT2D eigenvalue weighted by Crippen LogP contribution is 2.38. The van der Waals surface area contributed by atoms with Crippen LogP contribution >= 0.6 is 0 Å². The van der Waals surface area contributed by atoms with E-state index in [-0.39, 0.29) is 25.0 Å². The van der Waals surface area contributed by atoms with Gasteiger partial charge in [-0.3, -0.25) is 9.69 Å². The zero-order valence-corrected chi connectivity index (χ0v) is 17.3. The largest absolute Gasteiger partial charge is 0.486 e. The number of likely N-dealkylation sites (tertiary alicyclic amines) is 1. The number of likely N-dealkylation sites (N-methyl/N-ethyl adjacent to an activating group) is 1. The van der Waals surface area contributed by atoms with Gasteiger partial charge in [-0.1, -0.05) is 24.3 Å². The summed E-state index contributed by atoms with van der Waals surface area (Å²) < 4.78 is 50.1. The zero-order chi connectivity index (χ0) is 22.0. The molecule has 0 bridgehead atoms. The van der Waals surface area contributed by atoms with E-state index in [1.54, 1.807) is 18.0 Å². The van der Waals surface area contributed by atoms with Crippen LogP contribution in [0.5, 0.6) is 11.5 Å². The van der Waals surface area contributed by atoms with Crippen LogP contribution in [0.4, 0.5) is 13.2 Å². The van der Waals surface area contributed by atoms with Gasteiger partial charge in [-0.05, 0) is 49.2 Å². The minimum absolute atomic E-state index is 0.0353. The number of hydrogen-bond acceptors (Lipinski definition) is 4. The second kappa shape index (κ2) is 8.78. The SMILES string of the molecule is CN(CC(=O)N1CCCC1c1ccc2c(c1)OCCO2)Cc1cccc(C(F)(F)F)c1. The molecule has 1 saturated heterocycles. The smallest absolute Gasteiger partial charge is 0.416 e. The molecule has 0 aliphatic carbocycles. The molecule has 0 aromatic heterocycles. The van der Waals surface area contributed by atoms with Gasteiger partial charge in [0.15, 0.2) is 11.5 Å². The molecule has 2 aliphatic rings. The summed E-state index contributed by atoms with van der Waals surface area (Å²) in [6, 6.07) is 11.0. The van der Waals surface area contributed by atoms with Crippen LogP contribution in [0.2, 0.25) is 0 Å². The normalized spacial score (nSPS) is 18.5. The first-order valence-electron chi connectivity index (χ1n) is 10.3. The first-order valence-corrected chi connectivity index (χ1v) is 10.3. The monoisotopic (exact) mass is 434 g/mol. The van der Waals surface area contributed by atoms with Gasteiger partial charge in [0, 0.05) is 13.1 Å². The highest BCUT2D eigenvalue weighted by Gasteiger charge is 2.32. The van der Waals surface area contributed by atoms with E-state index in [2.05, 4.69) is 0 Å². The number of ether oxygens (including phenoxy) is 2. The van der Waals surface area contributed by atoms with E-state index in [9.17, 15) is 18.0 Å². The molecule has 4 rings (SSSR count). The summed E-state index contributed by atoms with van der Waals surface area (Å²) >= 11 is 0. The van der Waals surface area contributed by atoms with Crippen molar-refractivity contribution < 1.29 is 27.4 Å². The molecule has 2 aliphatic heterocycles. The van der Waals surface area contributed by atoms with E-state index in [0.717, 1.165) is 30.5 Å². The van der Waals surface area contributed by atoms with Gasteiger partial charge in [0.1, 0.15) is 13.2 Å². The Bertz CT molecular complexity index is 948. The number of rotatable bonds is 5. The minimum Gasteiger partial charge on any atom is -0.486 e. The van der Waals surface area contributed by atoms with E-state index in [0.29, 0.717) is 36.8 Å². The number of nitrogens with zero attached hydrogens (tertiary/aromatic N) is 2. The van der Waals surface area contributed by atoms with Crippen molar-refractivity contribution in [3.8, 4) is 11.5 Å². The van der Waals surface area contributed by atoms with Crippen LogP contribution in [0.3, 0.4) is 0 Å². The molecule has 1 amide bonds. The van der Waals surface area contributed by atoms with Gasteiger partial charge >= 0.3 is 6.18 Å². The Kier molecular flexibility index (Phi) is 6.09. The van der Waals surface area contributed by atoms with Crippen LogP contribution in [0.1, 0.15) is 35.6 Å². The lowest BCUT2D eigenvalue weighted by molar-refractivity contribution is -0.137. The lowest BCUT2D eigenvalue weighted by atomic mass is 10.0. The fourth-order valence-electron chi connectivity index (χ4n) is 4.21. The summed E-state index contributed by atoms with van der Waals surface area (Å²) in [4.78, 5) is 16.6. The second-order valence-corrected chi connectivity index (χ2v) is 8.02. The summed E-state index contributed by atoms with van der Waals surface area (Å²) in [6.07, 6.45) is -2.61. The summed E-state index contributed by atoms with van der Waals surface area (Å²) in [6.45, 7) is 2.09. The standard InChI is InChI=1S/C23H25F3N2O3/c1-27(14-16-4-2-5-18(12-16)23(24,25)26)15-22(29)28-9-3-6-19(28)17-7-8-20-21(13-17)31-11-10-30-20/h2,4-5,7-8,12-13,19H,3,6,9-11,14-15H2,1H3. The maximum absolute atomic E-state index is 13.0. The summed E-state index contributed by atoms with van der Waals surface area (Å²) in [5.74, 6) is 1.38. The quantitative estimate of drug-likeness (QED) is 0.705. The Morgan fingerprint density at radius 3 is 2.68 bits per heavy atom. The number of amides is 1. The van der Waals surface area contributed by atoms with Gasteiger partial charge in [-0.2, -0.15) is 13.2 Å². The van der Waals surface area contributed by atoms with Crippen LogP contribution in [-0.2, 0) is 17.5 Å². The Labute approximate surface area is 179 Å². The van der Waals surface area contributed by atoms with Crippen LogP contribution < -0.4 is 9.47 Å². The molecule has 2 aromatic rings. The molecule has 5 nitrogen and oxygen atoms in total. The van der Waals surface area contributed by atoms with Crippen LogP contribution in [0, 0.1) is 0 Å². The molecule has 1 atom stereocenters. The van der Waals surface area contributed by atoms with Gasteiger partial charge in [0.05, 0.1) is 18.2 Å². The first kappa shape index (κ1) is 21.5. The number of hydrogen-bond donors (Lipinski definition) is 0. The average molecular weight is 434 g/mol. The van der Waals surface area contributed by atoms with Crippen molar-refractivity contribution in [2.24, 2.45) is 0 Å². The van der Waals surface area contributed by atoms with Crippen molar-refractivity contribution >= 4 is 5.91 Å². The lowest BCUT2D eigenvalue weighted by Gasteiger charge is -2.28. The maximum atomic E-state index is 13.0. The number of alkyl halides is 3. The second-order valence-electron chi connectivity index (χ2n) is 8.02. The predicted molar refractivity (Wildman–Crippen MR) is 109 cm³/mol. The Balaban J connectivity index is 1.41. The Morgan fingerprint density at radius 1 is 1.13 bits per heavy atom. The maximum Gasteiger partial charge on any atom is 0.416 e. The van der Waals surface area contributed by atoms with Crippen molar-refractivity contribution in [1.29, 1.82) is 0 Å². The molecule has 31 heavy (non-hydrogen) atoms. The summed E-state index contributed by atoms with van der Waals surface area (Å²) in [5.41, 5.74) is 0.855. The number of fused-ring (bicyclic) bond motifs is 1. The van der Waals surface area contributed by atoms with E-state index in [1.165, 1.54) is 6.07 Å². The number of carbonyl (C=O) groups is 1. The fraction of sp³-hybridized carbons (Fsp3) is 0.435. The van der Waals surface area contributed by atoms with Gasteiger partial charge in [-0.15, -0.1) is 0 Å². The molecule has 0 radical (unpaired) electrons. The van der Waals surface area contributed by atoms with Crippen molar-refractivity contribution in [3.63, 3.8) is 0 Å². The van der Waals surface area contributed by atoms with E-state index < -0.39 is 11.7 Å². The fourth-order valence-corrected chi connectivity index (χ4v) is 4.21. The summed E-state index contributed by atoms with van der Waals surface area (Å²) in [5, 5.41) is 0. The van der Waals surface area contributed by atoms with Crippen molar-refractivity contribution in [3.05, 3.63) is 59.2 Å². The van der Waals surface area contributed by atoms with E-state index in [4.69, 9.17) is 9.47 Å². The molecule has 1 unspecified atom stereocenters. The Hall–Kier alpha value is -2.74. The minimum atomic E-state index is -4.38. The number of carbonyl (C=O) groups excluding carboxylic acids is 1. The molecule has 0 saturated carbocycles. The predicted octanol–water partition coefficient (Wildman–Crippen LogP) is 4.27. The molecule has 0 spiro atoms. The molecular formula is C23H25F3N2O3. The van der Waals surface area contributed by atoms with Gasteiger partial charge < -0.3 is 14.4 Å². The van der Waals surface area contributed by atoms with E-state index >= 15 is 0 Å². The third-order valence-corrected chi connectivity index (χ3v) is 5.64. The van der Waals surface area contributed by atoms with Gasteiger partial charge in [0.25, 0.3) is 0 Å². The highest BCUT2D eigenvalue weighted by molar-refractivity contribution is 5.79. The first-order chi connectivity index (χ1) is 14.8. The molecule has 2 aromatic carbocycles. The van der Waals surface area contributed by atoms with Crippen LogP contribution in [-0.4, -0.2) is 49.1 Å². The topological polar surface area (TPSA) is 42.0 Å². The molecule has 8 heteroatoms. The molecule has 2 heterocycles. The molecular weight excluding hydrogens is 409 g/mol. The van der Waals surface area contributed by atoms with Crippen LogP contribution in [0.15, 0.2) is 42.5 Å². The summed E-state index contributed by atoms with van der Waals surface area (Å²) in [7, 11) is 1.74. The molecule has 0 N–H and O–H groups in total. The zero-order valence-electron chi connectivity index (χ0n) is 17.3. The number of halogens is 3. The molecule has 1 fully saturated rings. The van der Waals surface area contributed by atoms with Crippen molar-refractivity contribution in [2.45, 2.75) is 31.6 Å². The third-order valence-electron chi connectivity index (χ3n) is 5.64. The average Bonchev–Trinajstić information content (AvgIpc) is 3.23. The van der Waals surface area contributed by atoms with Gasteiger partial charge in [0.2, 0.25) is 5.91 Å². The lowest BCUT2D eigenvalue weighted by Crippen LogP contribution is -2.38. The number of benzene rings is 2. The Morgan fingerprint density at radius 2 is 1.90 bits per heavy atom. The van der Waals surface area contributed by atoms with Crippen molar-refractivity contribution in [1.82, 2.24) is 9.80 Å². The van der Waals surface area contributed by atoms with Crippen LogP contribution in [0.25, 0.3) is 0 Å². The van der Waals surface area contributed by atoms with Crippen molar-refractivity contribution in [2.75, 3.05) is 33.4 Å². The van der Waals surface area contributed by atoms with Gasteiger partial charge in [-0.25, -0.2) is 0 Å². The van der Waals surface area contributed by atoms with E-state index in [1.807, 2.05) is 23.1 Å². The molecule has 166 valence electrons. The third kappa shape index (κ3) is 4.95. The highest BCUT2D eigenvalue weighted by atomic mass is 19.4.